The van der Waals surface area contributed by atoms with Gasteiger partial charge in [-0.1, -0.05) is 11.6 Å². The molecule has 0 aromatic carbocycles. The van der Waals surface area contributed by atoms with Crippen molar-refractivity contribution in [2.24, 2.45) is 0 Å². The van der Waals surface area contributed by atoms with E-state index >= 15 is 0 Å². The van der Waals surface area contributed by atoms with Gasteiger partial charge in [0.05, 0.1) is 0 Å². The Morgan fingerprint density at radius 2 is 2.23 bits per heavy atom. The highest BCUT2D eigenvalue weighted by Crippen LogP contribution is 2.19. The molecule has 0 aromatic rings. The molecule has 0 saturated carbocycles. The lowest BCUT2D eigenvalue weighted by Crippen LogP contribution is -2.37. The number of rotatable bonds is 6. The predicted molar refractivity (Wildman–Crippen MR) is 79.7 cm³/mol. The van der Waals surface area contributed by atoms with Gasteiger partial charge in [0.2, 0.25) is 5.76 Å². The molecule has 122 valence electrons. The molecular formula is C16H23NO5. The first kappa shape index (κ1) is 16.4. The van der Waals surface area contributed by atoms with E-state index in [0.29, 0.717) is 19.8 Å². The molecule has 6 nitrogen and oxygen atoms in total. The van der Waals surface area contributed by atoms with E-state index < -0.39 is 12.1 Å². The van der Waals surface area contributed by atoms with Crippen LogP contribution in [0.1, 0.15) is 39.0 Å². The molecule has 1 amide bonds. The van der Waals surface area contributed by atoms with Crippen molar-refractivity contribution >= 4 is 11.9 Å². The number of ether oxygens (including phenoxy) is 3. The number of allylic oxidation sites excluding steroid dienone is 1. The zero-order valence-electron chi connectivity index (χ0n) is 12.9. The number of esters is 1. The maximum Gasteiger partial charge on any atom is 0.377 e. The molecule has 0 aromatic heterocycles. The lowest BCUT2D eigenvalue weighted by molar-refractivity contribution is -0.155. The number of carbonyl (C=O) groups excluding carboxylic acids is 2. The van der Waals surface area contributed by atoms with Crippen LogP contribution in [-0.4, -0.2) is 37.7 Å². The molecule has 0 unspecified atom stereocenters. The minimum atomic E-state index is -0.862. The van der Waals surface area contributed by atoms with Gasteiger partial charge < -0.3 is 19.5 Å². The largest absolute Gasteiger partial charge is 0.493 e. The summed E-state index contributed by atoms with van der Waals surface area (Å²) in [6.07, 6.45) is 8.20. The van der Waals surface area contributed by atoms with E-state index in [1.807, 2.05) is 0 Å². The van der Waals surface area contributed by atoms with Crippen molar-refractivity contribution in [3.05, 3.63) is 23.7 Å². The Morgan fingerprint density at radius 3 is 2.91 bits per heavy atom. The van der Waals surface area contributed by atoms with Gasteiger partial charge in [-0.25, -0.2) is 4.79 Å². The van der Waals surface area contributed by atoms with Crippen molar-refractivity contribution in [3.8, 4) is 0 Å². The highest BCUT2D eigenvalue weighted by Gasteiger charge is 2.23. The van der Waals surface area contributed by atoms with Crippen LogP contribution in [0.5, 0.6) is 0 Å². The van der Waals surface area contributed by atoms with Crippen LogP contribution in [0, 0.1) is 0 Å². The van der Waals surface area contributed by atoms with Gasteiger partial charge in [0.25, 0.3) is 5.91 Å². The van der Waals surface area contributed by atoms with Crippen molar-refractivity contribution < 1.29 is 23.8 Å². The van der Waals surface area contributed by atoms with Gasteiger partial charge in [0.15, 0.2) is 6.10 Å². The first-order valence-corrected chi connectivity index (χ1v) is 7.78. The Hall–Kier alpha value is -1.98. The molecule has 1 aliphatic heterocycles. The molecule has 0 fully saturated rings. The molecule has 0 saturated heterocycles. The summed E-state index contributed by atoms with van der Waals surface area (Å²) in [5, 5.41) is 2.79. The summed E-state index contributed by atoms with van der Waals surface area (Å²) in [7, 11) is 0. The fourth-order valence-electron chi connectivity index (χ4n) is 2.37. The molecule has 6 heteroatoms. The van der Waals surface area contributed by atoms with E-state index in [2.05, 4.69) is 11.4 Å². The van der Waals surface area contributed by atoms with E-state index in [-0.39, 0.29) is 11.7 Å². The highest BCUT2D eigenvalue weighted by atomic mass is 16.6. The molecule has 0 spiro atoms. The maximum absolute atomic E-state index is 11.9. The second-order valence-electron chi connectivity index (χ2n) is 5.40. The van der Waals surface area contributed by atoms with Gasteiger partial charge in [-0.3, -0.25) is 4.79 Å². The van der Waals surface area contributed by atoms with E-state index in [1.54, 1.807) is 0 Å². The summed E-state index contributed by atoms with van der Waals surface area (Å²) in [6.45, 7) is 2.81. The molecule has 1 atom stereocenters. The number of nitrogens with one attached hydrogen (secondary N) is 1. The zero-order valence-corrected chi connectivity index (χ0v) is 12.9. The van der Waals surface area contributed by atoms with E-state index in [9.17, 15) is 9.59 Å². The maximum atomic E-state index is 11.9. The van der Waals surface area contributed by atoms with Crippen LogP contribution < -0.4 is 5.32 Å². The third-order valence-electron chi connectivity index (χ3n) is 3.63. The summed E-state index contributed by atoms with van der Waals surface area (Å²) in [4.78, 5) is 23.7. The first-order chi connectivity index (χ1) is 10.7. The monoisotopic (exact) mass is 309 g/mol. The fourth-order valence-corrected chi connectivity index (χ4v) is 2.37. The van der Waals surface area contributed by atoms with Gasteiger partial charge >= 0.3 is 5.97 Å². The smallest absolute Gasteiger partial charge is 0.377 e. The van der Waals surface area contributed by atoms with Crippen LogP contribution in [0.4, 0.5) is 0 Å². The van der Waals surface area contributed by atoms with Crippen molar-refractivity contribution in [1.82, 2.24) is 5.32 Å². The van der Waals surface area contributed by atoms with Crippen LogP contribution in [0.2, 0.25) is 0 Å². The van der Waals surface area contributed by atoms with Crippen molar-refractivity contribution in [3.63, 3.8) is 0 Å². The van der Waals surface area contributed by atoms with Crippen molar-refractivity contribution in [1.29, 1.82) is 0 Å². The van der Waals surface area contributed by atoms with Crippen LogP contribution in [0.3, 0.4) is 0 Å². The SMILES string of the molecule is C[C@@H](OC(=O)C1=COCCO1)C(=O)NCCC1=CCCCC1. The Morgan fingerprint density at radius 1 is 1.36 bits per heavy atom. The predicted octanol–water partition coefficient (Wildman–Crippen LogP) is 1.81. The van der Waals surface area contributed by atoms with E-state index in [1.165, 1.54) is 31.6 Å². The van der Waals surface area contributed by atoms with Crippen molar-refractivity contribution in [2.45, 2.75) is 45.1 Å². The Labute approximate surface area is 130 Å². The molecule has 1 aliphatic carbocycles. The Bertz CT molecular complexity index is 469. The molecule has 2 aliphatic rings. The Kier molecular flexibility index (Phi) is 6.30. The molecular weight excluding hydrogens is 286 g/mol. The Balaban J connectivity index is 1.68. The van der Waals surface area contributed by atoms with Crippen molar-refractivity contribution in [2.75, 3.05) is 19.8 Å². The summed E-state index contributed by atoms with van der Waals surface area (Å²) in [5.41, 5.74) is 1.40. The molecule has 1 N–H and O–H groups in total. The summed E-state index contributed by atoms with van der Waals surface area (Å²) in [5.74, 6) is -0.988. The fraction of sp³-hybridized carbons (Fsp3) is 0.625. The third-order valence-corrected chi connectivity index (χ3v) is 3.63. The van der Waals surface area contributed by atoms with Gasteiger partial charge in [-0.05, 0) is 39.0 Å². The minimum absolute atomic E-state index is 0.00161. The molecule has 22 heavy (non-hydrogen) atoms. The van der Waals surface area contributed by atoms with Gasteiger partial charge in [0.1, 0.15) is 19.5 Å². The average Bonchev–Trinajstić information content (AvgIpc) is 2.56. The van der Waals surface area contributed by atoms with Gasteiger partial charge in [-0.2, -0.15) is 0 Å². The summed E-state index contributed by atoms with van der Waals surface area (Å²) in [6, 6.07) is 0. The quantitative estimate of drug-likeness (QED) is 0.598. The standard InChI is InChI=1S/C16H23NO5/c1-12(22-16(19)14-11-20-9-10-21-14)15(18)17-8-7-13-5-3-2-4-6-13/h5,11-12H,2-4,6-10H2,1H3,(H,17,18)/t12-/m1/s1. The van der Waals surface area contributed by atoms with Gasteiger partial charge in [-0.15, -0.1) is 0 Å². The zero-order chi connectivity index (χ0) is 15.8. The molecule has 1 heterocycles. The van der Waals surface area contributed by atoms with E-state index in [0.717, 1.165) is 19.3 Å². The third kappa shape index (κ3) is 5.09. The number of amides is 1. The summed E-state index contributed by atoms with van der Waals surface area (Å²) >= 11 is 0. The van der Waals surface area contributed by atoms with E-state index in [4.69, 9.17) is 14.2 Å². The number of hydrogen-bond acceptors (Lipinski definition) is 5. The van der Waals surface area contributed by atoms with Crippen LogP contribution in [-0.2, 0) is 23.8 Å². The number of carbonyl (C=O) groups is 2. The van der Waals surface area contributed by atoms with Crippen LogP contribution >= 0.6 is 0 Å². The average molecular weight is 309 g/mol. The molecule has 0 bridgehead atoms. The molecule has 2 rings (SSSR count). The van der Waals surface area contributed by atoms with Gasteiger partial charge in [0, 0.05) is 6.54 Å². The lowest BCUT2D eigenvalue weighted by Gasteiger charge is -2.18. The first-order valence-electron chi connectivity index (χ1n) is 7.78. The van der Waals surface area contributed by atoms with Crippen LogP contribution in [0.15, 0.2) is 23.7 Å². The minimum Gasteiger partial charge on any atom is -0.493 e. The van der Waals surface area contributed by atoms with Crippen LogP contribution in [0.25, 0.3) is 0 Å². The normalized spacial score (nSPS) is 19.0. The highest BCUT2D eigenvalue weighted by molar-refractivity contribution is 5.89. The summed E-state index contributed by atoms with van der Waals surface area (Å²) < 4.78 is 15.1. The number of hydrogen-bond donors (Lipinski definition) is 1. The molecule has 0 radical (unpaired) electrons. The lowest BCUT2D eigenvalue weighted by atomic mass is 9.97. The topological polar surface area (TPSA) is 73.9 Å². The second kappa shape index (κ2) is 8.46. The second-order valence-corrected chi connectivity index (χ2v) is 5.40.